The topological polar surface area (TPSA) is 79.5 Å². The normalized spacial score (nSPS) is 11.9. The van der Waals surface area contributed by atoms with Crippen molar-refractivity contribution in [3.8, 4) is 95.7 Å². The van der Waals surface area contributed by atoms with Crippen LogP contribution in [0.1, 0.15) is 0 Å². The molecule has 0 aliphatic rings. The summed E-state index contributed by atoms with van der Waals surface area (Å²) in [6.45, 7) is 0. The van der Waals surface area contributed by atoms with E-state index in [-0.39, 0.29) is 0 Å². The van der Waals surface area contributed by atoms with Crippen LogP contribution in [0.4, 0.5) is 0 Å². The first-order chi connectivity index (χ1) is 60.9. The second-order valence-electron chi connectivity index (χ2n) is 31.9. The standard InChI is InChI=1S/C60H36N4S.C54H33N3O/c1-2-12-44-39(11-1)27-32-48-45-13-4-8-18-53(45)63(59(44)48)43-30-25-40(26-31-43)58-49-16-3-7-17-52(49)61-60(62-58)64-54-19-9-5-14-46(54)50-35-41(28-33-55(50)64)37-21-23-38(24-22-37)42-29-34-57-51(36-42)47-15-6-10-20-56(47)65-57;1-2-10-39-31-40(26-23-34(39)9-1)35-21-24-38(25-22-35)53-45-13-3-6-14-48(45)55-54(56-53)57-49-15-7-4-11-43(49)46-32-41(27-29-50(46)57)36-17-19-37(20-18-36)42-28-30-52-47(33-42)44-12-5-8-16-51(44)58-52/h1-36H;1-33H. The lowest BCUT2D eigenvalue weighted by Gasteiger charge is -2.13. The van der Waals surface area contributed by atoms with Gasteiger partial charge in [0.05, 0.1) is 55.5 Å². The van der Waals surface area contributed by atoms with Crippen LogP contribution in [0.2, 0.25) is 0 Å². The van der Waals surface area contributed by atoms with E-state index in [9.17, 15) is 0 Å². The Kier molecular flexibility index (Phi) is 16.1. The van der Waals surface area contributed by atoms with E-state index in [4.69, 9.17) is 24.4 Å². The minimum Gasteiger partial charge on any atom is -0.456 e. The molecule has 0 fully saturated rings. The molecule has 9 heteroatoms. The third-order valence-electron chi connectivity index (χ3n) is 25.0. The predicted molar refractivity (Wildman–Crippen MR) is 515 cm³/mol. The first-order valence-corrected chi connectivity index (χ1v) is 42.5. The Balaban J connectivity index is 0.000000136. The molecule has 0 saturated heterocycles. The second-order valence-corrected chi connectivity index (χ2v) is 33.0. The molecule has 572 valence electrons. The van der Waals surface area contributed by atoms with Crippen LogP contribution in [0.5, 0.6) is 0 Å². The minimum atomic E-state index is 0.648. The maximum absolute atomic E-state index is 6.08. The van der Waals surface area contributed by atoms with Gasteiger partial charge in [0, 0.05) is 96.2 Å². The van der Waals surface area contributed by atoms with Crippen LogP contribution in [-0.2, 0) is 0 Å². The fourth-order valence-corrected chi connectivity index (χ4v) is 20.1. The number of hydrogen-bond donors (Lipinski definition) is 0. The zero-order valence-electron chi connectivity index (χ0n) is 66.3. The SMILES string of the molecule is c1ccc2c(c1)ccc1c3ccccc3n(-c3ccc(-c4nc(-n5c6ccccc6c6cc(-c7ccc(-c8ccc9sc%10ccccc%10c9c8)cc7)ccc65)nc5ccccc45)cc3)c21.c1ccc2cc(-c3ccc(-c4nc(-n5c6ccccc6c6cc(-c7ccc(-c8ccc9oc%10ccccc%10c9c8)cc7)ccc65)nc5ccccc45)cc3)ccc2c1. The lowest BCUT2D eigenvalue weighted by Crippen LogP contribution is -2.03. The van der Waals surface area contributed by atoms with Crippen LogP contribution in [0.25, 0.3) is 247 Å². The summed E-state index contributed by atoms with van der Waals surface area (Å²) in [5.74, 6) is 1.30. The molecule has 26 aromatic rings. The van der Waals surface area contributed by atoms with Gasteiger partial charge in [-0.25, -0.2) is 19.9 Å². The molecule has 26 rings (SSSR count). The van der Waals surface area contributed by atoms with Crippen molar-refractivity contribution in [3.63, 3.8) is 0 Å². The summed E-state index contributed by atoms with van der Waals surface area (Å²) < 4.78 is 15.6. The van der Waals surface area contributed by atoms with Crippen LogP contribution >= 0.6 is 11.3 Å². The van der Waals surface area contributed by atoms with Gasteiger partial charge in [0.1, 0.15) is 11.2 Å². The number of rotatable bonds is 10. The maximum atomic E-state index is 6.08. The Bertz CT molecular complexity index is 8810. The van der Waals surface area contributed by atoms with Gasteiger partial charge in [-0.3, -0.25) is 9.13 Å². The third kappa shape index (κ3) is 11.7. The van der Waals surface area contributed by atoms with Gasteiger partial charge in [-0.1, -0.05) is 309 Å². The third-order valence-corrected chi connectivity index (χ3v) is 26.1. The van der Waals surface area contributed by atoms with E-state index in [0.29, 0.717) is 11.9 Å². The number of furan rings is 1. The molecule has 7 heterocycles. The average Bonchev–Trinajstić information content (AvgIpc) is 1.59. The number of aromatic nitrogens is 7. The first kappa shape index (κ1) is 69.9. The summed E-state index contributed by atoms with van der Waals surface area (Å²) in [4.78, 5) is 21.3. The number of hydrogen-bond acceptors (Lipinski definition) is 6. The van der Waals surface area contributed by atoms with E-state index in [1.807, 2.05) is 29.5 Å². The zero-order chi connectivity index (χ0) is 80.7. The van der Waals surface area contributed by atoms with Crippen LogP contribution in [0.3, 0.4) is 0 Å². The van der Waals surface area contributed by atoms with Crippen LogP contribution in [0, 0.1) is 0 Å². The molecule has 0 spiro atoms. The van der Waals surface area contributed by atoms with Gasteiger partial charge < -0.3 is 8.98 Å². The number of benzene rings is 19. The van der Waals surface area contributed by atoms with E-state index in [0.717, 1.165) is 116 Å². The van der Waals surface area contributed by atoms with Crippen LogP contribution in [-0.4, -0.2) is 33.6 Å². The Labute approximate surface area is 709 Å². The van der Waals surface area contributed by atoms with Crippen molar-refractivity contribution >= 4 is 162 Å². The van der Waals surface area contributed by atoms with E-state index in [1.165, 1.54) is 119 Å². The van der Waals surface area contributed by atoms with E-state index in [1.54, 1.807) is 0 Å². The molecule has 0 aliphatic carbocycles. The Morgan fingerprint density at radius 3 is 1.14 bits per heavy atom. The van der Waals surface area contributed by atoms with Crippen molar-refractivity contribution in [2.24, 2.45) is 0 Å². The summed E-state index contributed by atoms with van der Waals surface area (Å²) in [6, 6.07) is 150. The molecule has 123 heavy (non-hydrogen) atoms. The lowest BCUT2D eigenvalue weighted by atomic mass is 9.98. The first-order valence-electron chi connectivity index (χ1n) is 41.7. The molecule has 0 amide bonds. The number of thiophene rings is 1. The Hall–Kier alpha value is -16.2. The highest BCUT2D eigenvalue weighted by Crippen LogP contribution is 2.44. The molecule has 7 aromatic heterocycles. The molecule has 0 unspecified atom stereocenters. The Morgan fingerprint density at radius 2 is 0.561 bits per heavy atom. The van der Waals surface area contributed by atoms with Gasteiger partial charge in [-0.15, -0.1) is 11.3 Å². The smallest absolute Gasteiger partial charge is 0.235 e. The Morgan fingerprint density at radius 1 is 0.195 bits per heavy atom. The van der Waals surface area contributed by atoms with Gasteiger partial charge in [0.2, 0.25) is 11.9 Å². The number of fused-ring (bicyclic) bond motifs is 20. The summed E-state index contributed by atoms with van der Waals surface area (Å²) in [7, 11) is 0. The quantitative estimate of drug-likeness (QED) is 0.136. The molecule has 0 bridgehead atoms. The number of para-hydroxylation sites is 6. The summed E-state index contributed by atoms with van der Waals surface area (Å²) in [5.41, 5.74) is 27.1. The van der Waals surface area contributed by atoms with Crippen molar-refractivity contribution in [3.05, 3.63) is 419 Å². The van der Waals surface area contributed by atoms with Gasteiger partial charge >= 0.3 is 0 Å². The predicted octanol–water partition coefficient (Wildman–Crippen LogP) is 30.8. The molecule has 0 radical (unpaired) electrons. The van der Waals surface area contributed by atoms with Crippen molar-refractivity contribution in [2.45, 2.75) is 0 Å². The zero-order valence-corrected chi connectivity index (χ0v) is 67.1. The van der Waals surface area contributed by atoms with Gasteiger partial charge in [-0.2, -0.15) is 0 Å². The summed E-state index contributed by atoms with van der Waals surface area (Å²) in [6.07, 6.45) is 0. The van der Waals surface area contributed by atoms with Gasteiger partial charge in [0.15, 0.2) is 0 Å². The monoisotopic (exact) mass is 1580 g/mol. The van der Waals surface area contributed by atoms with Crippen LogP contribution in [0.15, 0.2) is 423 Å². The second kappa shape index (κ2) is 28.3. The van der Waals surface area contributed by atoms with E-state index < -0.39 is 0 Å². The highest BCUT2D eigenvalue weighted by Gasteiger charge is 2.23. The highest BCUT2D eigenvalue weighted by atomic mass is 32.1. The fourth-order valence-electron chi connectivity index (χ4n) is 19.0. The summed E-state index contributed by atoms with van der Waals surface area (Å²) in [5, 5.41) is 19.1. The lowest BCUT2D eigenvalue weighted by molar-refractivity contribution is 0.669. The van der Waals surface area contributed by atoms with Gasteiger partial charge in [-0.05, 0) is 181 Å². The molecule has 0 aliphatic heterocycles. The minimum absolute atomic E-state index is 0.648. The van der Waals surface area contributed by atoms with Crippen molar-refractivity contribution in [2.75, 3.05) is 0 Å². The molecule has 0 N–H and O–H groups in total. The molecule has 0 atom stereocenters. The van der Waals surface area contributed by atoms with Crippen molar-refractivity contribution in [1.29, 1.82) is 0 Å². The molecular formula is C114H69N7OS. The van der Waals surface area contributed by atoms with Crippen molar-refractivity contribution in [1.82, 2.24) is 33.6 Å². The number of nitrogens with zero attached hydrogens (tertiary/aromatic N) is 7. The molecular weight excluding hydrogens is 1520 g/mol. The largest absolute Gasteiger partial charge is 0.456 e. The fraction of sp³-hybridized carbons (Fsp3) is 0. The molecule has 19 aromatic carbocycles. The summed E-state index contributed by atoms with van der Waals surface area (Å²) >= 11 is 1.86. The van der Waals surface area contributed by atoms with E-state index in [2.05, 4.69) is 414 Å². The van der Waals surface area contributed by atoms with Crippen molar-refractivity contribution < 1.29 is 4.42 Å². The van der Waals surface area contributed by atoms with Crippen LogP contribution < -0.4 is 0 Å². The average molecular weight is 1580 g/mol. The maximum Gasteiger partial charge on any atom is 0.235 e. The van der Waals surface area contributed by atoms with Gasteiger partial charge in [0.25, 0.3) is 0 Å². The van der Waals surface area contributed by atoms with E-state index >= 15 is 0 Å². The highest BCUT2D eigenvalue weighted by molar-refractivity contribution is 7.25. The molecule has 8 nitrogen and oxygen atoms in total. The molecule has 0 saturated carbocycles.